The Bertz CT molecular complexity index is 701. The molecule has 1 N–H and O–H groups in total. The first-order valence-corrected chi connectivity index (χ1v) is 8.90. The van der Waals surface area contributed by atoms with Gasteiger partial charge in [-0.15, -0.1) is 0 Å². The number of benzene rings is 2. The third-order valence-corrected chi connectivity index (χ3v) is 4.92. The molecule has 25 heavy (non-hydrogen) atoms. The molecule has 1 aliphatic heterocycles. The summed E-state index contributed by atoms with van der Waals surface area (Å²) in [7, 11) is 0. The van der Waals surface area contributed by atoms with Crippen LogP contribution in [0, 0.1) is 0 Å². The standard InChI is InChI=1S/C21H25NO3/c1-16(22-13-6-5-12-20(22)21(23)24)18-10-7-11-19(14-18)25-15-17-8-3-2-4-9-17/h2-4,7-11,14,16,20H,5-6,12-13,15H2,1H3,(H,23,24). The number of piperidine rings is 1. The molecule has 1 heterocycles. The molecule has 2 unspecified atom stereocenters. The van der Waals surface area contributed by atoms with Crippen molar-refractivity contribution in [2.75, 3.05) is 6.54 Å². The summed E-state index contributed by atoms with van der Waals surface area (Å²) >= 11 is 0. The molecule has 132 valence electrons. The van der Waals surface area contributed by atoms with Crippen molar-refractivity contribution in [3.63, 3.8) is 0 Å². The molecule has 4 heteroatoms. The Morgan fingerprint density at radius 1 is 1.20 bits per heavy atom. The molecule has 0 radical (unpaired) electrons. The summed E-state index contributed by atoms with van der Waals surface area (Å²) < 4.78 is 5.91. The van der Waals surface area contributed by atoms with E-state index in [1.54, 1.807) is 0 Å². The van der Waals surface area contributed by atoms with Crippen molar-refractivity contribution in [1.82, 2.24) is 4.90 Å². The molecule has 0 bridgehead atoms. The van der Waals surface area contributed by atoms with E-state index >= 15 is 0 Å². The smallest absolute Gasteiger partial charge is 0.320 e. The van der Waals surface area contributed by atoms with Crippen LogP contribution >= 0.6 is 0 Å². The minimum Gasteiger partial charge on any atom is -0.489 e. The van der Waals surface area contributed by atoms with Crippen LogP contribution in [0.15, 0.2) is 54.6 Å². The van der Waals surface area contributed by atoms with E-state index in [0.717, 1.165) is 42.7 Å². The van der Waals surface area contributed by atoms with Gasteiger partial charge in [0.25, 0.3) is 0 Å². The molecule has 3 rings (SSSR count). The first kappa shape index (κ1) is 17.5. The van der Waals surface area contributed by atoms with E-state index in [-0.39, 0.29) is 6.04 Å². The van der Waals surface area contributed by atoms with Gasteiger partial charge in [-0.3, -0.25) is 9.69 Å². The highest BCUT2D eigenvalue weighted by molar-refractivity contribution is 5.73. The van der Waals surface area contributed by atoms with Crippen molar-refractivity contribution >= 4 is 5.97 Å². The number of rotatable bonds is 6. The molecule has 0 aromatic heterocycles. The summed E-state index contributed by atoms with van der Waals surface area (Å²) in [6, 6.07) is 17.7. The van der Waals surface area contributed by atoms with Gasteiger partial charge in [0.1, 0.15) is 18.4 Å². The van der Waals surface area contributed by atoms with E-state index in [1.165, 1.54) is 0 Å². The number of likely N-dealkylation sites (tertiary alicyclic amines) is 1. The number of aliphatic carboxylic acids is 1. The molecular weight excluding hydrogens is 314 g/mol. The molecule has 0 aliphatic carbocycles. The van der Waals surface area contributed by atoms with Crippen LogP contribution in [0.4, 0.5) is 0 Å². The molecule has 1 fully saturated rings. The molecule has 0 saturated carbocycles. The summed E-state index contributed by atoms with van der Waals surface area (Å²) in [6.07, 6.45) is 2.77. The lowest BCUT2D eigenvalue weighted by molar-refractivity contribution is -0.145. The molecule has 0 amide bonds. The van der Waals surface area contributed by atoms with Gasteiger partial charge in [-0.2, -0.15) is 0 Å². The van der Waals surface area contributed by atoms with Crippen LogP contribution in [0.2, 0.25) is 0 Å². The van der Waals surface area contributed by atoms with E-state index < -0.39 is 12.0 Å². The molecule has 2 aromatic rings. The van der Waals surface area contributed by atoms with Crippen molar-refractivity contribution in [2.45, 2.75) is 44.9 Å². The molecular formula is C21H25NO3. The topological polar surface area (TPSA) is 49.8 Å². The molecule has 2 aromatic carbocycles. The fourth-order valence-electron chi connectivity index (χ4n) is 3.48. The number of hydrogen-bond acceptors (Lipinski definition) is 3. The summed E-state index contributed by atoms with van der Waals surface area (Å²) in [5.74, 6) is 0.0973. The van der Waals surface area contributed by atoms with Crippen LogP contribution in [0.1, 0.15) is 43.4 Å². The van der Waals surface area contributed by atoms with Gasteiger partial charge >= 0.3 is 5.97 Å². The van der Waals surface area contributed by atoms with Gasteiger partial charge in [0, 0.05) is 6.04 Å². The van der Waals surface area contributed by atoms with Crippen molar-refractivity contribution < 1.29 is 14.6 Å². The third kappa shape index (κ3) is 4.40. The Balaban J connectivity index is 1.70. The Morgan fingerprint density at radius 3 is 2.76 bits per heavy atom. The van der Waals surface area contributed by atoms with Gasteiger partial charge in [0.2, 0.25) is 0 Å². The normalized spacial score (nSPS) is 19.3. The average Bonchev–Trinajstić information content (AvgIpc) is 2.67. The zero-order valence-corrected chi connectivity index (χ0v) is 14.6. The Kier molecular flexibility index (Phi) is 5.71. The molecule has 4 nitrogen and oxygen atoms in total. The maximum atomic E-state index is 11.6. The van der Waals surface area contributed by atoms with E-state index in [4.69, 9.17) is 4.74 Å². The monoisotopic (exact) mass is 339 g/mol. The van der Waals surface area contributed by atoms with Gasteiger partial charge in [0.05, 0.1) is 0 Å². The number of hydrogen-bond donors (Lipinski definition) is 1. The number of nitrogens with zero attached hydrogens (tertiary/aromatic N) is 1. The average molecular weight is 339 g/mol. The van der Waals surface area contributed by atoms with E-state index in [0.29, 0.717) is 6.61 Å². The SMILES string of the molecule is CC(c1cccc(OCc2ccccc2)c1)N1CCCCC1C(=O)O. The molecule has 1 saturated heterocycles. The predicted molar refractivity (Wildman–Crippen MR) is 97.6 cm³/mol. The summed E-state index contributed by atoms with van der Waals surface area (Å²) in [5.41, 5.74) is 2.22. The van der Waals surface area contributed by atoms with Crippen LogP contribution < -0.4 is 4.74 Å². The van der Waals surface area contributed by atoms with Crippen LogP contribution in [0.25, 0.3) is 0 Å². The number of carbonyl (C=O) groups is 1. The van der Waals surface area contributed by atoms with Gasteiger partial charge < -0.3 is 9.84 Å². The van der Waals surface area contributed by atoms with Crippen LogP contribution in [0.3, 0.4) is 0 Å². The maximum absolute atomic E-state index is 11.6. The van der Waals surface area contributed by atoms with Crippen molar-refractivity contribution in [3.05, 3.63) is 65.7 Å². The number of carboxylic acid groups (broad SMARTS) is 1. The van der Waals surface area contributed by atoms with Crippen LogP contribution in [0.5, 0.6) is 5.75 Å². The minimum atomic E-state index is -0.719. The Hall–Kier alpha value is -2.33. The van der Waals surface area contributed by atoms with Gasteiger partial charge in [0.15, 0.2) is 0 Å². The first-order valence-electron chi connectivity index (χ1n) is 8.90. The largest absolute Gasteiger partial charge is 0.489 e. The first-order chi connectivity index (χ1) is 12.1. The highest BCUT2D eigenvalue weighted by Crippen LogP contribution is 2.30. The lowest BCUT2D eigenvalue weighted by Gasteiger charge is -2.37. The zero-order chi connectivity index (χ0) is 17.6. The fourth-order valence-corrected chi connectivity index (χ4v) is 3.48. The Morgan fingerprint density at radius 2 is 2.00 bits per heavy atom. The second kappa shape index (κ2) is 8.17. The summed E-state index contributed by atoms with van der Waals surface area (Å²) in [4.78, 5) is 13.7. The maximum Gasteiger partial charge on any atom is 0.320 e. The predicted octanol–water partition coefficient (Wildman–Crippen LogP) is 4.27. The van der Waals surface area contributed by atoms with E-state index in [1.807, 2.05) is 54.6 Å². The lowest BCUT2D eigenvalue weighted by atomic mass is 9.97. The Labute approximate surface area is 149 Å². The van der Waals surface area contributed by atoms with Crippen LogP contribution in [-0.2, 0) is 11.4 Å². The minimum absolute atomic E-state index is 0.0571. The highest BCUT2D eigenvalue weighted by atomic mass is 16.5. The molecule has 2 atom stereocenters. The third-order valence-electron chi connectivity index (χ3n) is 4.92. The quantitative estimate of drug-likeness (QED) is 0.854. The molecule has 0 spiro atoms. The van der Waals surface area contributed by atoms with Crippen molar-refractivity contribution in [3.8, 4) is 5.75 Å². The molecule has 1 aliphatic rings. The zero-order valence-electron chi connectivity index (χ0n) is 14.6. The van der Waals surface area contributed by atoms with Gasteiger partial charge in [-0.1, -0.05) is 48.9 Å². The second-order valence-corrected chi connectivity index (χ2v) is 6.61. The van der Waals surface area contributed by atoms with Crippen molar-refractivity contribution in [2.24, 2.45) is 0 Å². The van der Waals surface area contributed by atoms with Gasteiger partial charge in [-0.25, -0.2) is 0 Å². The second-order valence-electron chi connectivity index (χ2n) is 6.61. The highest BCUT2D eigenvalue weighted by Gasteiger charge is 2.32. The van der Waals surface area contributed by atoms with E-state index in [9.17, 15) is 9.90 Å². The lowest BCUT2D eigenvalue weighted by Crippen LogP contribution is -2.45. The number of carboxylic acids is 1. The van der Waals surface area contributed by atoms with E-state index in [2.05, 4.69) is 11.8 Å². The van der Waals surface area contributed by atoms with Crippen molar-refractivity contribution in [1.29, 1.82) is 0 Å². The van der Waals surface area contributed by atoms with Crippen LogP contribution in [-0.4, -0.2) is 28.6 Å². The summed E-state index contributed by atoms with van der Waals surface area (Å²) in [6.45, 7) is 3.44. The number of ether oxygens (including phenoxy) is 1. The summed E-state index contributed by atoms with van der Waals surface area (Å²) in [5, 5.41) is 9.50. The van der Waals surface area contributed by atoms with Gasteiger partial charge in [-0.05, 0) is 49.6 Å². The fraction of sp³-hybridized carbons (Fsp3) is 0.381.